The van der Waals surface area contributed by atoms with Gasteiger partial charge in [-0.2, -0.15) is 0 Å². The quantitative estimate of drug-likeness (QED) is 0.630. The summed E-state index contributed by atoms with van der Waals surface area (Å²) in [6, 6.07) is 5.05. The molecule has 0 saturated carbocycles. The average Bonchev–Trinajstić information content (AvgIpc) is 2.45. The first kappa shape index (κ1) is 16.9. The summed E-state index contributed by atoms with van der Waals surface area (Å²) in [5.74, 6) is 0.0976. The SMILES string of the molecule is CCCCCCOc1c(F)cccc1CNCCOC. The predicted molar refractivity (Wildman–Crippen MR) is 79.6 cm³/mol. The van der Waals surface area contributed by atoms with Crippen molar-refractivity contribution in [1.29, 1.82) is 0 Å². The van der Waals surface area contributed by atoms with Gasteiger partial charge in [-0.15, -0.1) is 0 Å². The largest absolute Gasteiger partial charge is 0.490 e. The van der Waals surface area contributed by atoms with Gasteiger partial charge in [0.15, 0.2) is 11.6 Å². The first-order valence-corrected chi connectivity index (χ1v) is 7.39. The van der Waals surface area contributed by atoms with Gasteiger partial charge in [-0.3, -0.25) is 0 Å². The van der Waals surface area contributed by atoms with Gasteiger partial charge in [0.25, 0.3) is 0 Å². The Labute approximate surface area is 121 Å². The number of nitrogens with one attached hydrogen (secondary N) is 1. The summed E-state index contributed by atoms with van der Waals surface area (Å²) < 4.78 is 24.4. The van der Waals surface area contributed by atoms with Gasteiger partial charge in [-0.25, -0.2) is 4.39 Å². The normalized spacial score (nSPS) is 10.8. The third kappa shape index (κ3) is 6.35. The molecule has 0 heterocycles. The molecule has 1 aromatic carbocycles. The number of para-hydroxylation sites is 1. The van der Waals surface area contributed by atoms with E-state index in [1.54, 1.807) is 13.2 Å². The van der Waals surface area contributed by atoms with Crippen molar-refractivity contribution >= 4 is 0 Å². The molecule has 0 aliphatic heterocycles. The molecule has 4 heteroatoms. The van der Waals surface area contributed by atoms with Gasteiger partial charge in [0, 0.05) is 25.8 Å². The highest BCUT2D eigenvalue weighted by atomic mass is 19.1. The van der Waals surface area contributed by atoms with E-state index in [0.29, 0.717) is 25.5 Å². The van der Waals surface area contributed by atoms with Crippen molar-refractivity contribution in [3.63, 3.8) is 0 Å². The highest BCUT2D eigenvalue weighted by molar-refractivity contribution is 5.34. The molecule has 3 nitrogen and oxygen atoms in total. The van der Waals surface area contributed by atoms with E-state index in [1.165, 1.54) is 18.9 Å². The van der Waals surface area contributed by atoms with Gasteiger partial charge in [0.05, 0.1) is 13.2 Å². The molecule has 1 rings (SSSR count). The molecule has 0 saturated heterocycles. The maximum absolute atomic E-state index is 13.8. The molecule has 20 heavy (non-hydrogen) atoms. The van der Waals surface area contributed by atoms with Crippen molar-refractivity contribution in [2.45, 2.75) is 39.2 Å². The molecule has 114 valence electrons. The Morgan fingerprint density at radius 1 is 1.15 bits per heavy atom. The van der Waals surface area contributed by atoms with Crippen LogP contribution in [0.3, 0.4) is 0 Å². The van der Waals surface area contributed by atoms with Gasteiger partial charge in [0.2, 0.25) is 0 Å². The smallest absolute Gasteiger partial charge is 0.165 e. The second-order valence-electron chi connectivity index (χ2n) is 4.81. The molecule has 0 bridgehead atoms. The van der Waals surface area contributed by atoms with Crippen LogP contribution in [0.4, 0.5) is 4.39 Å². The average molecular weight is 283 g/mol. The number of unbranched alkanes of at least 4 members (excludes halogenated alkanes) is 3. The van der Waals surface area contributed by atoms with Crippen LogP contribution in [0.2, 0.25) is 0 Å². The second-order valence-corrected chi connectivity index (χ2v) is 4.81. The highest BCUT2D eigenvalue weighted by Crippen LogP contribution is 2.23. The molecular weight excluding hydrogens is 257 g/mol. The third-order valence-corrected chi connectivity index (χ3v) is 3.09. The van der Waals surface area contributed by atoms with E-state index in [1.807, 2.05) is 6.07 Å². The van der Waals surface area contributed by atoms with E-state index in [2.05, 4.69) is 12.2 Å². The fourth-order valence-corrected chi connectivity index (χ4v) is 1.95. The Bertz CT molecular complexity index is 371. The van der Waals surface area contributed by atoms with E-state index < -0.39 is 0 Å². The topological polar surface area (TPSA) is 30.5 Å². The number of halogens is 1. The molecule has 0 amide bonds. The maximum Gasteiger partial charge on any atom is 0.165 e. The van der Waals surface area contributed by atoms with Gasteiger partial charge in [0.1, 0.15) is 0 Å². The van der Waals surface area contributed by atoms with E-state index in [4.69, 9.17) is 9.47 Å². The molecule has 0 atom stereocenters. The molecule has 0 aromatic heterocycles. The van der Waals surface area contributed by atoms with Crippen LogP contribution >= 0.6 is 0 Å². The van der Waals surface area contributed by atoms with Crippen LogP contribution in [0, 0.1) is 5.82 Å². The Morgan fingerprint density at radius 2 is 2.00 bits per heavy atom. The molecule has 0 radical (unpaired) electrons. The minimum atomic E-state index is -0.286. The minimum absolute atomic E-state index is 0.286. The van der Waals surface area contributed by atoms with Crippen LogP contribution in [-0.4, -0.2) is 26.9 Å². The predicted octanol–water partition coefficient (Wildman–Crippen LogP) is 3.52. The Balaban J connectivity index is 2.45. The van der Waals surface area contributed by atoms with Crippen molar-refractivity contribution in [1.82, 2.24) is 5.32 Å². The number of hydrogen-bond donors (Lipinski definition) is 1. The highest BCUT2D eigenvalue weighted by Gasteiger charge is 2.09. The molecule has 0 aliphatic carbocycles. The van der Waals surface area contributed by atoms with Crippen molar-refractivity contribution in [2.24, 2.45) is 0 Å². The molecule has 0 spiro atoms. The number of methoxy groups -OCH3 is 1. The van der Waals surface area contributed by atoms with Gasteiger partial charge >= 0.3 is 0 Å². The molecule has 0 unspecified atom stereocenters. The van der Waals surface area contributed by atoms with Crippen molar-refractivity contribution < 1.29 is 13.9 Å². The van der Waals surface area contributed by atoms with Crippen molar-refractivity contribution in [3.8, 4) is 5.75 Å². The van der Waals surface area contributed by atoms with Crippen LogP contribution < -0.4 is 10.1 Å². The van der Waals surface area contributed by atoms with Crippen LogP contribution in [-0.2, 0) is 11.3 Å². The monoisotopic (exact) mass is 283 g/mol. The van der Waals surface area contributed by atoms with Crippen molar-refractivity contribution in [2.75, 3.05) is 26.9 Å². The fourth-order valence-electron chi connectivity index (χ4n) is 1.95. The van der Waals surface area contributed by atoms with E-state index in [0.717, 1.165) is 24.9 Å². The lowest BCUT2D eigenvalue weighted by Gasteiger charge is -2.13. The number of rotatable bonds is 11. The van der Waals surface area contributed by atoms with Crippen LogP contribution in [0.25, 0.3) is 0 Å². The summed E-state index contributed by atoms with van der Waals surface area (Å²) in [4.78, 5) is 0. The standard InChI is InChI=1S/C16H26FNO2/c1-3-4-5-6-11-20-16-14(8-7-9-15(16)17)13-18-10-12-19-2/h7-9,18H,3-6,10-13H2,1-2H3. The van der Waals surface area contributed by atoms with Gasteiger partial charge < -0.3 is 14.8 Å². The molecular formula is C16H26FNO2. The third-order valence-electron chi connectivity index (χ3n) is 3.09. The molecule has 0 aliphatic rings. The van der Waals surface area contributed by atoms with Gasteiger partial charge in [-0.1, -0.05) is 38.3 Å². The Morgan fingerprint density at radius 3 is 2.75 bits per heavy atom. The minimum Gasteiger partial charge on any atom is -0.490 e. The second kappa shape index (κ2) is 10.6. The zero-order chi connectivity index (χ0) is 14.6. The summed E-state index contributed by atoms with van der Waals surface area (Å²) in [6.45, 7) is 4.71. The first-order chi connectivity index (χ1) is 9.79. The van der Waals surface area contributed by atoms with E-state index in [-0.39, 0.29) is 5.82 Å². The van der Waals surface area contributed by atoms with Crippen LogP contribution in [0.15, 0.2) is 18.2 Å². The molecule has 1 N–H and O–H groups in total. The lowest BCUT2D eigenvalue weighted by atomic mass is 10.2. The fraction of sp³-hybridized carbons (Fsp3) is 0.625. The number of benzene rings is 1. The number of hydrogen-bond acceptors (Lipinski definition) is 3. The zero-order valence-corrected chi connectivity index (χ0v) is 12.6. The van der Waals surface area contributed by atoms with Crippen molar-refractivity contribution in [3.05, 3.63) is 29.6 Å². The van der Waals surface area contributed by atoms with E-state index >= 15 is 0 Å². The maximum atomic E-state index is 13.8. The molecule has 1 aromatic rings. The van der Waals surface area contributed by atoms with Crippen LogP contribution in [0.5, 0.6) is 5.75 Å². The zero-order valence-electron chi connectivity index (χ0n) is 12.6. The molecule has 0 fully saturated rings. The summed E-state index contributed by atoms with van der Waals surface area (Å²) in [5.41, 5.74) is 0.858. The lowest BCUT2D eigenvalue weighted by molar-refractivity contribution is 0.199. The summed E-state index contributed by atoms with van der Waals surface area (Å²) in [7, 11) is 1.66. The Kier molecular flexibility index (Phi) is 9.00. The Hall–Kier alpha value is -1.13. The van der Waals surface area contributed by atoms with Gasteiger partial charge in [-0.05, 0) is 12.5 Å². The lowest BCUT2D eigenvalue weighted by Crippen LogP contribution is -2.19. The van der Waals surface area contributed by atoms with Crippen LogP contribution in [0.1, 0.15) is 38.2 Å². The summed E-state index contributed by atoms with van der Waals surface area (Å²) >= 11 is 0. The van der Waals surface area contributed by atoms with E-state index in [9.17, 15) is 4.39 Å². The number of ether oxygens (including phenoxy) is 2. The summed E-state index contributed by atoms with van der Waals surface area (Å²) in [5, 5.41) is 3.21. The summed E-state index contributed by atoms with van der Waals surface area (Å²) in [6.07, 6.45) is 4.49. The first-order valence-electron chi connectivity index (χ1n) is 7.39.